The second kappa shape index (κ2) is 6.76. The quantitative estimate of drug-likeness (QED) is 0.763. The summed E-state index contributed by atoms with van der Waals surface area (Å²) in [4.78, 5) is 2.19. The third-order valence-electron chi connectivity index (χ3n) is 3.38. The molecule has 0 saturated carbocycles. The van der Waals surface area contributed by atoms with E-state index in [1.807, 2.05) is 24.3 Å². The number of aliphatic hydroxyl groups excluding tert-OH is 1. The Labute approximate surface area is 111 Å². The number of likely N-dealkylation sites (N-methyl/N-ethyl adjacent to an activating group) is 1. The average Bonchev–Trinajstić information content (AvgIpc) is 2.28. The Hall–Kier alpha value is -1.06. The van der Waals surface area contributed by atoms with Crippen LogP contribution in [-0.2, 0) is 0 Å². The van der Waals surface area contributed by atoms with Gasteiger partial charge in [-0.3, -0.25) is 0 Å². The van der Waals surface area contributed by atoms with Gasteiger partial charge in [0.05, 0.1) is 6.10 Å². The van der Waals surface area contributed by atoms with Crippen molar-refractivity contribution >= 4 is 5.69 Å². The third kappa shape index (κ3) is 4.31. The maximum absolute atomic E-state index is 10.2. The smallest absolute Gasteiger partial charge is 0.0936 e. The zero-order valence-electron chi connectivity index (χ0n) is 11.9. The lowest BCUT2D eigenvalue weighted by Gasteiger charge is -2.28. The van der Waals surface area contributed by atoms with Gasteiger partial charge in [0.2, 0.25) is 0 Å². The Morgan fingerprint density at radius 2 is 1.83 bits per heavy atom. The van der Waals surface area contributed by atoms with Crippen LogP contribution in [-0.4, -0.2) is 29.6 Å². The molecule has 3 nitrogen and oxygen atoms in total. The first-order valence-corrected chi connectivity index (χ1v) is 6.64. The molecule has 0 aliphatic carbocycles. The maximum atomic E-state index is 10.2. The Bertz CT molecular complexity index is 365. The predicted molar refractivity (Wildman–Crippen MR) is 77.4 cm³/mol. The van der Waals surface area contributed by atoms with Crippen LogP contribution in [0.1, 0.15) is 38.9 Å². The molecular formula is C15H26N2O. The molecule has 1 aromatic rings. The number of anilines is 1. The second-order valence-corrected chi connectivity index (χ2v) is 5.56. The van der Waals surface area contributed by atoms with E-state index in [9.17, 15) is 5.11 Å². The number of rotatable bonds is 6. The molecule has 1 rings (SSSR count). The van der Waals surface area contributed by atoms with Crippen molar-refractivity contribution in [2.45, 2.75) is 39.3 Å². The summed E-state index contributed by atoms with van der Waals surface area (Å²) in [5, 5.41) is 10.2. The van der Waals surface area contributed by atoms with E-state index in [1.54, 1.807) is 0 Å². The number of aliphatic hydroxyl groups is 1. The van der Waals surface area contributed by atoms with Crippen molar-refractivity contribution in [3.05, 3.63) is 29.8 Å². The Kier molecular flexibility index (Phi) is 5.63. The lowest BCUT2D eigenvalue weighted by molar-refractivity contribution is 0.103. The highest BCUT2D eigenvalue weighted by atomic mass is 16.3. The van der Waals surface area contributed by atoms with E-state index < -0.39 is 6.10 Å². The number of nitrogen functional groups attached to an aromatic ring is 1. The first kappa shape index (κ1) is 15.0. The second-order valence-electron chi connectivity index (χ2n) is 5.56. The van der Waals surface area contributed by atoms with Crippen LogP contribution in [0.4, 0.5) is 5.69 Å². The van der Waals surface area contributed by atoms with E-state index in [2.05, 4.69) is 32.7 Å². The molecule has 0 heterocycles. The standard InChI is InChI=1S/C15H26N2O/c1-11(2)9-12(3)17(4)10-15(18)13-7-5-6-8-14(13)16/h5-8,11-12,15,18H,9-10,16H2,1-4H3. The van der Waals surface area contributed by atoms with E-state index >= 15 is 0 Å². The van der Waals surface area contributed by atoms with Crippen LogP contribution in [0.5, 0.6) is 0 Å². The number of nitrogens with two attached hydrogens (primary N) is 1. The summed E-state index contributed by atoms with van der Waals surface area (Å²) >= 11 is 0. The van der Waals surface area contributed by atoms with Gasteiger partial charge in [0.15, 0.2) is 0 Å². The highest BCUT2D eigenvalue weighted by Gasteiger charge is 2.17. The molecule has 1 aromatic carbocycles. The zero-order chi connectivity index (χ0) is 13.7. The fourth-order valence-corrected chi connectivity index (χ4v) is 2.23. The molecule has 2 unspecified atom stereocenters. The molecule has 2 atom stereocenters. The zero-order valence-corrected chi connectivity index (χ0v) is 11.9. The van der Waals surface area contributed by atoms with Crippen LogP contribution in [0.3, 0.4) is 0 Å². The van der Waals surface area contributed by atoms with Gasteiger partial charge in [0.1, 0.15) is 0 Å². The summed E-state index contributed by atoms with van der Waals surface area (Å²) in [6.07, 6.45) is 0.610. The van der Waals surface area contributed by atoms with Gasteiger partial charge in [0.25, 0.3) is 0 Å². The summed E-state index contributed by atoms with van der Waals surface area (Å²) in [5.41, 5.74) is 7.36. The van der Waals surface area contributed by atoms with Gasteiger partial charge in [-0.15, -0.1) is 0 Å². The van der Waals surface area contributed by atoms with Gasteiger partial charge in [0, 0.05) is 23.8 Å². The minimum atomic E-state index is -0.522. The van der Waals surface area contributed by atoms with Crippen LogP contribution in [0.25, 0.3) is 0 Å². The first-order chi connectivity index (χ1) is 8.41. The fourth-order valence-electron chi connectivity index (χ4n) is 2.23. The van der Waals surface area contributed by atoms with Crippen molar-refractivity contribution in [2.24, 2.45) is 5.92 Å². The topological polar surface area (TPSA) is 49.5 Å². The molecule has 0 fully saturated rings. The van der Waals surface area contributed by atoms with E-state index in [4.69, 9.17) is 5.73 Å². The highest BCUT2D eigenvalue weighted by Crippen LogP contribution is 2.21. The number of hydrogen-bond donors (Lipinski definition) is 2. The summed E-state index contributed by atoms with van der Waals surface area (Å²) in [5.74, 6) is 0.668. The van der Waals surface area contributed by atoms with Crippen molar-refractivity contribution in [3.8, 4) is 0 Å². The van der Waals surface area contributed by atoms with E-state index in [0.29, 0.717) is 24.2 Å². The van der Waals surface area contributed by atoms with Crippen LogP contribution in [0.2, 0.25) is 0 Å². The van der Waals surface area contributed by atoms with Gasteiger partial charge in [-0.2, -0.15) is 0 Å². The predicted octanol–water partition coefficient (Wildman–Crippen LogP) is 2.67. The molecule has 0 amide bonds. The molecule has 3 N–H and O–H groups in total. The van der Waals surface area contributed by atoms with Crippen molar-refractivity contribution in [1.82, 2.24) is 4.90 Å². The van der Waals surface area contributed by atoms with E-state index in [0.717, 1.165) is 12.0 Å². The summed E-state index contributed by atoms with van der Waals surface area (Å²) in [6.45, 7) is 7.25. The Morgan fingerprint density at radius 1 is 1.22 bits per heavy atom. The molecule has 0 aliphatic heterocycles. The molecule has 102 valence electrons. The summed E-state index contributed by atoms with van der Waals surface area (Å²) in [7, 11) is 2.05. The van der Waals surface area contributed by atoms with Crippen molar-refractivity contribution in [2.75, 3.05) is 19.3 Å². The Balaban J connectivity index is 2.59. The molecule has 3 heteroatoms. The summed E-state index contributed by atoms with van der Waals surface area (Å²) in [6, 6.07) is 7.98. The van der Waals surface area contributed by atoms with Gasteiger partial charge in [-0.25, -0.2) is 0 Å². The number of benzene rings is 1. The SMILES string of the molecule is CC(C)CC(C)N(C)CC(O)c1ccccc1N. The highest BCUT2D eigenvalue weighted by molar-refractivity contribution is 5.47. The van der Waals surface area contributed by atoms with Crippen LogP contribution < -0.4 is 5.73 Å². The maximum Gasteiger partial charge on any atom is 0.0936 e. The molecule has 0 aliphatic rings. The van der Waals surface area contributed by atoms with E-state index in [1.165, 1.54) is 0 Å². The average molecular weight is 250 g/mol. The Morgan fingerprint density at radius 3 is 2.39 bits per heavy atom. The number of nitrogens with zero attached hydrogens (tertiary/aromatic N) is 1. The van der Waals surface area contributed by atoms with Gasteiger partial charge >= 0.3 is 0 Å². The molecule has 0 saturated heterocycles. The molecule has 0 spiro atoms. The molecule has 18 heavy (non-hydrogen) atoms. The number of hydrogen-bond acceptors (Lipinski definition) is 3. The molecule has 0 aromatic heterocycles. The monoisotopic (exact) mass is 250 g/mol. The van der Waals surface area contributed by atoms with Crippen LogP contribution in [0, 0.1) is 5.92 Å². The largest absolute Gasteiger partial charge is 0.398 e. The first-order valence-electron chi connectivity index (χ1n) is 6.64. The minimum Gasteiger partial charge on any atom is -0.398 e. The van der Waals surface area contributed by atoms with E-state index in [-0.39, 0.29) is 0 Å². The normalized spacial score (nSPS) is 15.1. The van der Waals surface area contributed by atoms with Gasteiger partial charge < -0.3 is 15.7 Å². The molecule has 0 radical (unpaired) electrons. The summed E-state index contributed by atoms with van der Waals surface area (Å²) < 4.78 is 0. The fraction of sp³-hybridized carbons (Fsp3) is 0.600. The lowest BCUT2D eigenvalue weighted by Crippen LogP contribution is -2.34. The molecular weight excluding hydrogens is 224 g/mol. The van der Waals surface area contributed by atoms with Crippen molar-refractivity contribution in [1.29, 1.82) is 0 Å². The van der Waals surface area contributed by atoms with Crippen LogP contribution in [0.15, 0.2) is 24.3 Å². The minimum absolute atomic E-state index is 0.463. The lowest BCUT2D eigenvalue weighted by atomic mass is 10.0. The van der Waals surface area contributed by atoms with Gasteiger partial charge in [-0.1, -0.05) is 32.0 Å². The van der Waals surface area contributed by atoms with Crippen molar-refractivity contribution < 1.29 is 5.11 Å². The molecule has 0 bridgehead atoms. The van der Waals surface area contributed by atoms with Gasteiger partial charge in [-0.05, 0) is 32.4 Å². The van der Waals surface area contributed by atoms with Crippen LogP contribution >= 0.6 is 0 Å². The van der Waals surface area contributed by atoms with Crippen molar-refractivity contribution in [3.63, 3.8) is 0 Å². The third-order valence-corrected chi connectivity index (χ3v) is 3.38. The number of para-hydroxylation sites is 1.